The van der Waals surface area contributed by atoms with Crippen molar-refractivity contribution in [2.45, 2.75) is 32.8 Å². The number of aliphatic hydroxyl groups is 1. The minimum absolute atomic E-state index is 0.225. The standard InChI is InChI=1S/C22H25FN4O2/c1-5-17-13-18(27(25-17)22(29)26(3)4)11-15-7-6-10-24-21(15)19-9-8-16(23)12-20(19)14(2)28/h6-10,12-14,28H,5,11H2,1-4H3/t14-/m1/s1. The zero-order valence-electron chi connectivity index (χ0n) is 17.1. The van der Waals surface area contributed by atoms with Crippen molar-refractivity contribution in [3.63, 3.8) is 0 Å². The lowest BCUT2D eigenvalue weighted by Crippen LogP contribution is -2.29. The van der Waals surface area contributed by atoms with Crippen LogP contribution in [0.25, 0.3) is 11.3 Å². The fourth-order valence-corrected chi connectivity index (χ4v) is 3.24. The van der Waals surface area contributed by atoms with E-state index in [0.717, 1.165) is 17.0 Å². The summed E-state index contributed by atoms with van der Waals surface area (Å²) in [7, 11) is 3.37. The Morgan fingerprint density at radius 3 is 2.69 bits per heavy atom. The fourth-order valence-electron chi connectivity index (χ4n) is 3.24. The van der Waals surface area contributed by atoms with Crippen LogP contribution >= 0.6 is 0 Å². The molecule has 1 amide bonds. The minimum atomic E-state index is -0.844. The minimum Gasteiger partial charge on any atom is -0.389 e. The molecule has 7 heteroatoms. The van der Waals surface area contributed by atoms with E-state index < -0.39 is 11.9 Å². The Balaban J connectivity index is 2.09. The predicted molar refractivity (Wildman–Crippen MR) is 109 cm³/mol. The van der Waals surface area contributed by atoms with E-state index in [1.54, 1.807) is 33.3 Å². The van der Waals surface area contributed by atoms with E-state index in [2.05, 4.69) is 10.1 Å². The van der Waals surface area contributed by atoms with Crippen LogP contribution in [0.2, 0.25) is 0 Å². The molecule has 6 nitrogen and oxygen atoms in total. The SMILES string of the molecule is CCc1cc(Cc2cccnc2-c2ccc(F)cc2[C@@H](C)O)n(C(=O)N(C)C)n1. The number of benzene rings is 1. The summed E-state index contributed by atoms with van der Waals surface area (Å²) in [4.78, 5) is 18.5. The van der Waals surface area contributed by atoms with Crippen molar-refractivity contribution >= 4 is 6.03 Å². The van der Waals surface area contributed by atoms with Gasteiger partial charge in [0, 0.05) is 32.3 Å². The smallest absolute Gasteiger partial charge is 0.344 e. The molecule has 152 valence electrons. The van der Waals surface area contributed by atoms with Crippen LogP contribution in [0.15, 0.2) is 42.6 Å². The lowest BCUT2D eigenvalue weighted by Gasteiger charge is -2.16. The van der Waals surface area contributed by atoms with Crippen LogP contribution in [0.4, 0.5) is 9.18 Å². The lowest BCUT2D eigenvalue weighted by atomic mass is 9.95. The first-order valence-electron chi connectivity index (χ1n) is 9.53. The van der Waals surface area contributed by atoms with Gasteiger partial charge in [-0.25, -0.2) is 9.18 Å². The molecule has 1 atom stereocenters. The van der Waals surface area contributed by atoms with Crippen molar-refractivity contribution in [3.05, 3.63) is 70.9 Å². The zero-order valence-corrected chi connectivity index (χ0v) is 17.1. The molecule has 0 unspecified atom stereocenters. The number of rotatable bonds is 5. The molecule has 3 rings (SSSR count). The van der Waals surface area contributed by atoms with E-state index in [1.807, 2.05) is 25.1 Å². The predicted octanol–water partition coefficient (Wildman–Crippen LogP) is 3.82. The van der Waals surface area contributed by atoms with Crippen LogP contribution in [0.3, 0.4) is 0 Å². The molecule has 0 fully saturated rings. The molecule has 0 bridgehead atoms. The summed E-state index contributed by atoms with van der Waals surface area (Å²) in [5.41, 5.74) is 4.21. The molecule has 0 radical (unpaired) electrons. The summed E-state index contributed by atoms with van der Waals surface area (Å²) in [6.45, 7) is 3.58. The third-order valence-corrected chi connectivity index (χ3v) is 4.74. The average Bonchev–Trinajstić information content (AvgIpc) is 3.10. The van der Waals surface area contributed by atoms with Crippen molar-refractivity contribution in [1.82, 2.24) is 19.7 Å². The first-order valence-corrected chi connectivity index (χ1v) is 9.53. The molecule has 0 aliphatic carbocycles. The Kier molecular flexibility index (Phi) is 6.08. The number of pyridine rings is 1. The maximum absolute atomic E-state index is 13.7. The van der Waals surface area contributed by atoms with Gasteiger partial charge in [-0.15, -0.1) is 0 Å². The van der Waals surface area contributed by atoms with Crippen molar-refractivity contribution in [2.24, 2.45) is 0 Å². The topological polar surface area (TPSA) is 71.2 Å². The second kappa shape index (κ2) is 8.53. The van der Waals surface area contributed by atoms with Gasteiger partial charge in [0.15, 0.2) is 0 Å². The van der Waals surface area contributed by atoms with Gasteiger partial charge in [-0.2, -0.15) is 9.78 Å². The summed E-state index contributed by atoms with van der Waals surface area (Å²) in [6.07, 6.45) is 1.95. The van der Waals surface area contributed by atoms with Crippen LogP contribution in [0, 0.1) is 5.82 Å². The van der Waals surface area contributed by atoms with Gasteiger partial charge in [0.25, 0.3) is 0 Å². The third kappa shape index (κ3) is 4.35. The monoisotopic (exact) mass is 396 g/mol. The highest BCUT2D eigenvalue weighted by atomic mass is 19.1. The van der Waals surface area contributed by atoms with Gasteiger partial charge in [0.2, 0.25) is 0 Å². The molecular formula is C22H25FN4O2. The van der Waals surface area contributed by atoms with Gasteiger partial charge < -0.3 is 10.0 Å². The first-order chi connectivity index (χ1) is 13.8. The normalized spacial score (nSPS) is 12.1. The summed E-state index contributed by atoms with van der Waals surface area (Å²) in [5.74, 6) is -0.413. The summed E-state index contributed by atoms with van der Waals surface area (Å²) in [5, 5.41) is 14.5. The van der Waals surface area contributed by atoms with E-state index in [4.69, 9.17) is 0 Å². The quantitative estimate of drug-likeness (QED) is 0.712. The Hall–Kier alpha value is -3.06. The highest BCUT2D eigenvalue weighted by molar-refractivity contribution is 5.76. The zero-order chi connectivity index (χ0) is 21.1. The van der Waals surface area contributed by atoms with Gasteiger partial charge in [-0.05, 0) is 54.8 Å². The van der Waals surface area contributed by atoms with Crippen LogP contribution in [0.1, 0.15) is 42.5 Å². The number of nitrogens with zero attached hydrogens (tertiary/aromatic N) is 4. The molecule has 0 spiro atoms. The number of aryl methyl sites for hydroxylation is 1. The number of hydrogen-bond donors (Lipinski definition) is 1. The summed E-state index contributed by atoms with van der Waals surface area (Å²) < 4.78 is 15.2. The van der Waals surface area contributed by atoms with Gasteiger partial charge in [0.1, 0.15) is 5.82 Å². The number of aromatic nitrogens is 3. The molecule has 2 heterocycles. The molecule has 0 saturated carbocycles. The molecule has 29 heavy (non-hydrogen) atoms. The Labute approximate surface area is 169 Å². The van der Waals surface area contributed by atoms with E-state index in [0.29, 0.717) is 29.7 Å². The van der Waals surface area contributed by atoms with Crippen molar-refractivity contribution in [2.75, 3.05) is 14.1 Å². The number of aliphatic hydroxyl groups excluding tert-OH is 1. The molecule has 0 saturated heterocycles. The van der Waals surface area contributed by atoms with Gasteiger partial charge in [-0.3, -0.25) is 4.98 Å². The largest absolute Gasteiger partial charge is 0.389 e. The second-order valence-electron chi connectivity index (χ2n) is 7.16. The highest BCUT2D eigenvalue weighted by Crippen LogP contribution is 2.31. The molecule has 2 aromatic heterocycles. The summed E-state index contributed by atoms with van der Waals surface area (Å²) in [6, 6.07) is 9.74. The molecule has 1 aromatic carbocycles. The number of hydrogen-bond acceptors (Lipinski definition) is 4. The number of amides is 1. The molecule has 1 N–H and O–H groups in total. The van der Waals surface area contributed by atoms with Crippen molar-refractivity contribution in [1.29, 1.82) is 0 Å². The van der Waals surface area contributed by atoms with Gasteiger partial charge in [0.05, 0.1) is 23.2 Å². The second-order valence-corrected chi connectivity index (χ2v) is 7.16. The third-order valence-electron chi connectivity index (χ3n) is 4.74. The number of halogens is 1. The lowest BCUT2D eigenvalue weighted by molar-refractivity contribution is 0.199. The molecular weight excluding hydrogens is 371 g/mol. The van der Waals surface area contributed by atoms with Crippen LogP contribution in [-0.2, 0) is 12.8 Å². The van der Waals surface area contributed by atoms with Crippen molar-refractivity contribution in [3.8, 4) is 11.3 Å². The summed E-state index contributed by atoms with van der Waals surface area (Å²) >= 11 is 0. The number of carbonyl (C=O) groups excluding carboxylic acids is 1. The average molecular weight is 396 g/mol. The van der Waals surface area contributed by atoms with Crippen molar-refractivity contribution < 1.29 is 14.3 Å². The van der Waals surface area contributed by atoms with E-state index in [-0.39, 0.29) is 6.03 Å². The molecule has 3 aromatic rings. The molecule has 0 aliphatic heterocycles. The van der Waals surface area contributed by atoms with E-state index in [1.165, 1.54) is 21.7 Å². The van der Waals surface area contributed by atoms with Crippen LogP contribution < -0.4 is 0 Å². The van der Waals surface area contributed by atoms with Crippen LogP contribution in [0.5, 0.6) is 0 Å². The van der Waals surface area contributed by atoms with Gasteiger partial charge in [-0.1, -0.05) is 13.0 Å². The van der Waals surface area contributed by atoms with Crippen LogP contribution in [-0.4, -0.2) is 44.9 Å². The Bertz CT molecular complexity index is 1030. The maximum Gasteiger partial charge on any atom is 0.344 e. The number of carbonyl (C=O) groups is 1. The maximum atomic E-state index is 13.7. The highest BCUT2D eigenvalue weighted by Gasteiger charge is 2.19. The Morgan fingerprint density at radius 1 is 1.28 bits per heavy atom. The fraction of sp³-hybridized carbons (Fsp3) is 0.318. The van der Waals surface area contributed by atoms with Gasteiger partial charge >= 0.3 is 6.03 Å². The first kappa shape index (κ1) is 20.7. The Morgan fingerprint density at radius 2 is 2.03 bits per heavy atom. The van der Waals surface area contributed by atoms with E-state index in [9.17, 15) is 14.3 Å². The van der Waals surface area contributed by atoms with E-state index >= 15 is 0 Å². The molecule has 0 aliphatic rings.